The van der Waals surface area contributed by atoms with Crippen molar-refractivity contribution in [2.45, 2.75) is 6.61 Å². The number of hydrogen-bond donors (Lipinski definition) is 2. The second-order valence-corrected chi connectivity index (χ2v) is 5.49. The number of quaternary nitrogens is 1. The van der Waals surface area contributed by atoms with Crippen LogP contribution in [0.2, 0.25) is 0 Å². The largest absolute Gasteiger partial charge is 0.710 e. The van der Waals surface area contributed by atoms with Crippen LogP contribution < -0.4 is 10.4 Å². The van der Waals surface area contributed by atoms with Gasteiger partial charge < -0.3 is 5.11 Å². The highest BCUT2D eigenvalue weighted by Gasteiger charge is 2.53. The summed E-state index contributed by atoms with van der Waals surface area (Å²) in [5, 5.41) is 9.58. The summed E-state index contributed by atoms with van der Waals surface area (Å²) in [5.41, 5.74) is 0.811. The molecule has 20 heavy (non-hydrogen) atoms. The molecule has 0 saturated heterocycles. The third kappa shape index (κ3) is 3.90. The molecule has 0 amide bonds. The lowest BCUT2D eigenvalue weighted by molar-refractivity contribution is -0.646. The van der Waals surface area contributed by atoms with Gasteiger partial charge in [-0.25, -0.2) is 0 Å². The Bertz CT molecular complexity index is 553. The minimum absolute atomic E-state index is 0.00699. The average molecular weight is 296 g/mol. The Morgan fingerprint density at radius 3 is 2.35 bits per heavy atom. The Labute approximate surface area is 117 Å². The van der Waals surface area contributed by atoms with Crippen molar-refractivity contribution in [3.63, 3.8) is 0 Å². The van der Waals surface area contributed by atoms with E-state index in [1.807, 2.05) is 30.3 Å². The summed E-state index contributed by atoms with van der Waals surface area (Å²) < 4.78 is 14.8. The Morgan fingerprint density at radius 2 is 1.70 bits per heavy atom. The fourth-order valence-corrected chi connectivity index (χ4v) is 2.36. The third-order valence-corrected chi connectivity index (χ3v) is 3.65. The lowest BCUT2D eigenvalue weighted by Crippen LogP contribution is -2.49. The Kier molecular flexibility index (Phi) is 4.89. The van der Waals surface area contributed by atoms with Crippen LogP contribution in [0.4, 0.5) is 0 Å². The van der Waals surface area contributed by atoms with E-state index in [9.17, 15) is 10.00 Å². The highest BCUT2D eigenvalue weighted by Crippen LogP contribution is 2.58. The molecule has 7 heteroatoms. The zero-order valence-corrected chi connectivity index (χ0v) is 11.5. The first-order valence-corrected chi connectivity index (χ1v) is 7.29. The number of rotatable bonds is 6. The summed E-state index contributed by atoms with van der Waals surface area (Å²) in [6.07, 6.45) is 0. The predicted molar refractivity (Wildman–Crippen MR) is 71.5 cm³/mol. The van der Waals surface area contributed by atoms with E-state index in [1.54, 1.807) is 12.1 Å². The summed E-state index contributed by atoms with van der Waals surface area (Å²) in [5.74, 6) is 2.95. The molecule has 0 bridgehead atoms. The van der Waals surface area contributed by atoms with E-state index in [4.69, 9.17) is 9.05 Å². The maximum Gasteiger partial charge on any atom is 0.710 e. The lowest BCUT2D eigenvalue weighted by atomic mass is 10.2. The van der Waals surface area contributed by atoms with E-state index in [0.717, 1.165) is 5.56 Å². The Balaban J connectivity index is 2.04. The molecule has 0 fully saturated rings. The molecule has 0 aromatic heterocycles. The van der Waals surface area contributed by atoms with Crippen molar-refractivity contribution in [2.24, 2.45) is 0 Å². The van der Waals surface area contributed by atoms with Gasteiger partial charge in [-0.3, -0.25) is 4.52 Å². The van der Waals surface area contributed by atoms with Gasteiger partial charge in [0.05, 0.1) is 9.52 Å². The summed E-state index contributed by atoms with van der Waals surface area (Å²) in [6.45, 7) is 0.0429. The highest BCUT2D eigenvalue weighted by molar-refractivity contribution is 7.55. The van der Waals surface area contributed by atoms with E-state index < -0.39 is 8.17 Å². The van der Waals surface area contributed by atoms with Crippen molar-refractivity contribution in [3.8, 4) is 11.5 Å². The molecule has 1 unspecified atom stereocenters. The second-order valence-electron chi connectivity index (χ2n) is 3.89. The highest BCUT2D eigenvalue weighted by atomic mass is 31.2. The maximum absolute atomic E-state index is 12.2. The molecule has 2 aromatic rings. The quantitative estimate of drug-likeness (QED) is 0.631. The van der Waals surface area contributed by atoms with Gasteiger partial charge in [0.15, 0.2) is 5.75 Å². The first-order valence-electron chi connectivity index (χ1n) is 5.83. The van der Waals surface area contributed by atoms with Crippen LogP contribution in [0, 0.1) is 0 Å². The Morgan fingerprint density at radius 1 is 1.05 bits per heavy atom. The second kappa shape index (κ2) is 6.65. The van der Waals surface area contributed by atoms with Crippen molar-refractivity contribution in [1.82, 2.24) is 0 Å². The molecule has 0 spiro atoms. The number of phenols is 1. The molecule has 0 saturated carbocycles. The fraction of sp³-hybridized carbons (Fsp3) is 0.0769. The number of hydrogen-bond acceptors (Lipinski definition) is 4. The zero-order valence-electron chi connectivity index (χ0n) is 10.6. The minimum atomic E-state index is -3.89. The maximum atomic E-state index is 12.2. The van der Waals surface area contributed by atoms with Gasteiger partial charge in [0, 0.05) is 0 Å². The molecular weight excluding hydrogens is 281 g/mol. The molecule has 2 rings (SSSR count). The average Bonchev–Trinajstić information content (AvgIpc) is 2.49. The number of aromatic hydroxyl groups is 1. The van der Waals surface area contributed by atoms with Crippen LogP contribution in [-0.4, -0.2) is 5.11 Å². The summed E-state index contributed by atoms with van der Waals surface area (Å²) in [4.78, 5) is 12.2. The molecule has 105 valence electrons. The first-order chi connectivity index (χ1) is 9.63. The van der Waals surface area contributed by atoms with Gasteiger partial charge in [-0.15, -0.1) is 4.52 Å². The van der Waals surface area contributed by atoms with E-state index in [-0.39, 0.29) is 18.1 Å². The minimum Gasteiger partial charge on any atom is -0.504 e. The standard InChI is InChI=1S/C13H14NO5P/c14-19-20(16,17-10-11-6-2-1-3-7-11)18-13-9-5-4-8-12(13)15/h1-9H,10H2,14H3/q+1/p+1. The molecular formula is C13H15NO5P+2. The molecule has 1 atom stereocenters. The lowest BCUT2D eigenvalue weighted by Gasteiger charge is -2.09. The van der Waals surface area contributed by atoms with Crippen molar-refractivity contribution in [3.05, 3.63) is 60.2 Å². The van der Waals surface area contributed by atoms with Crippen LogP contribution in [0.1, 0.15) is 5.56 Å². The van der Waals surface area contributed by atoms with Gasteiger partial charge in [0.25, 0.3) is 0 Å². The smallest absolute Gasteiger partial charge is 0.504 e. The van der Waals surface area contributed by atoms with Crippen molar-refractivity contribution in [1.29, 1.82) is 0 Å². The molecule has 0 heterocycles. The predicted octanol–water partition coefficient (Wildman–Crippen LogP) is 2.27. The van der Waals surface area contributed by atoms with E-state index in [1.165, 1.54) is 12.1 Å². The third-order valence-electron chi connectivity index (χ3n) is 2.47. The van der Waals surface area contributed by atoms with Crippen molar-refractivity contribution < 1.29 is 29.6 Å². The Hall–Kier alpha value is -1.69. The summed E-state index contributed by atoms with van der Waals surface area (Å²) in [6, 6.07) is 15.2. The monoisotopic (exact) mass is 296 g/mol. The van der Waals surface area contributed by atoms with Gasteiger partial charge in [-0.05, 0) is 17.7 Å². The van der Waals surface area contributed by atoms with Gasteiger partial charge in [-0.2, -0.15) is 5.90 Å². The van der Waals surface area contributed by atoms with Gasteiger partial charge in [0.2, 0.25) is 5.75 Å². The normalized spacial score (nSPS) is 13.7. The van der Waals surface area contributed by atoms with Gasteiger partial charge in [-0.1, -0.05) is 42.5 Å². The first kappa shape index (κ1) is 14.7. The summed E-state index contributed by atoms with van der Waals surface area (Å²) >= 11 is 0. The SMILES string of the molecule is [NH3+]O[P+]([O])(OCc1ccccc1)Oc1ccccc1O. The van der Waals surface area contributed by atoms with Gasteiger partial charge in [0.1, 0.15) is 6.61 Å². The van der Waals surface area contributed by atoms with Crippen LogP contribution in [0.5, 0.6) is 11.5 Å². The van der Waals surface area contributed by atoms with Crippen LogP contribution in [0.25, 0.3) is 0 Å². The van der Waals surface area contributed by atoms with E-state index in [0.29, 0.717) is 0 Å². The topological polar surface area (TPSA) is 95.5 Å². The van der Waals surface area contributed by atoms with E-state index >= 15 is 0 Å². The van der Waals surface area contributed by atoms with Crippen LogP contribution in [-0.2, 0) is 20.6 Å². The fourth-order valence-electron chi connectivity index (χ4n) is 1.47. The molecule has 6 nitrogen and oxygen atoms in total. The molecule has 1 radical (unpaired) electrons. The number of benzene rings is 2. The zero-order chi connectivity index (χ0) is 14.4. The van der Waals surface area contributed by atoms with E-state index in [2.05, 4.69) is 10.5 Å². The van der Waals surface area contributed by atoms with Crippen LogP contribution in [0.15, 0.2) is 54.6 Å². The summed E-state index contributed by atoms with van der Waals surface area (Å²) in [7, 11) is -3.89. The van der Waals surface area contributed by atoms with Crippen LogP contribution in [0.3, 0.4) is 0 Å². The molecule has 2 aromatic carbocycles. The number of para-hydroxylation sites is 2. The number of phenolic OH excluding ortho intramolecular Hbond substituents is 1. The molecule has 0 aliphatic rings. The molecule has 0 aliphatic carbocycles. The van der Waals surface area contributed by atoms with Crippen molar-refractivity contribution in [2.75, 3.05) is 0 Å². The van der Waals surface area contributed by atoms with Crippen LogP contribution >= 0.6 is 8.17 Å². The van der Waals surface area contributed by atoms with Crippen molar-refractivity contribution >= 4 is 8.17 Å². The molecule has 4 N–H and O–H groups in total. The molecule has 0 aliphatic heterocycles. The van der Waals surface area contributed by atoms with Gasteiger partial charge >= 0.3 is 8.17 Å².